The maximum absolute atomic E-state index is 12.1. The summed E-state index contributed by atoms with van der Waals surface area (Å²) in [6.07, 6.45) is 8.99. The fourth-order valence-electron chi connectivity index (χ4n) is 2.74. The van der Waals surface area contributed by atoms with E-state index in [-0.39, 0.29) is 18.1 Å². The predicted octanol–water partition coefficient (Wildman–Crippen LogP) is 2.08. The number of furan rings is 1. The zero-order valence-electron chi connectivity index (χ0n) is 12.7. The monoisotopic (exact) mass is 303 g/mol. The highest BCUT2D eigenvalue weighted by Gasteiger charge is 2.31. The molecule has 1 fully saturated rings. The van der Waals surface area contributed by atoms with Gasteiger partial charge in [0.15, 0.2) is 0 Å². The molecule has 1 aliphatic heterocycles. The van der Waals surface area contributed by atoms with E-state index in [1.165, 1.54) is 0 Å². The van der Waals surface area contributed by atoms with Crippen LogP contribution in [0.3, 0.4) is 0 Å². The standard InChI is InChI=1S/C16H21N3O3/c1-2-19-10-13(9-17-19)16-14(6-8-22-16)18-15(20)4-3-12-5-7-21-11-12/h5,7,9-11,14,16H,2-4,6,8H2,1H3,(H,18,20)/t14-,16+/m0/s1. The van der Waals surface area contributed by atoms with E-state index in [2.05, 4.69) is 10.4 Å². The summed E-state index contributed by atoms with van der Waals surface area (Å²) in [6, 6.07) is 1.90. The van der Waals surface area contributed by atoms with Gasteiger partial charge >= 0.3 is 0 Å². The van der Waals surface area contributed by atoms with Crippen molar-refractivity contribution in [3.05, 3.63) is 42.1 Å². The number of nitrogens with zero attached hydrogens (tertiary/aromatic N) is 2. The van der Waals surface area contributed by atoms with Crippen LogP contribution in [-0.4, -0.2) is 28.3 Å². The first kappa shape index (κ1) is 14.8. The van der Waals surface area contributed by atoms with Crippen molar-refractivity contribution in [2.24, 2.45) is 0 Å². The molecule has 2 aromatic rings. The molecule has 6 heteroatoms. The molecule has 1 saturated heterocycles. The average Bonchev–Trinajstić information content (AvgIpc) is 3.26. The number of aryl methyl sites for hydroxylation is 2. The molecule has 3 heterocycles. The number of nitrogens with one attached hydrogen (secondary N) is 1. The van der Waals surface area contributed by atoms with E-state index >= 15 is 0 Å². The topological polar surface area (TPSA) is 69.3 Å². The number of hydrogen-bond acceptors (Lipinski definition) is 4. The van der Waals surface area contributed by atoms with E-state index in [0.717, 1.165) is 24.1 Å². The van der Waals surface area contributed by atoms with Gasteiger partial charge in [-0.2, -0.15) is 5.10 Å². The molecule has 0 saturated carbocycles. The van der Waals surface area contributed by atoms with Gasteiger partial charge in [-0.3, -0.25) is 9.48 Å². The fourth-order valence-corrected chi connectivity index (χ4v) is 2.74. The van der Waals surface area contributed by atoms with Crippen LogP contribution in [0.5, 0.6) is 0 Å². The van der Waals surface area contributed by atoms with Crippen LogP contribution in [0.15, 0.2) is 35.4 Å². The first-order valence-corrected chi connectivity index (χ1v) is 7.70. The Balaban J connectivity index is 1.55. The van der Waals surface area contributed by atoms with Crippen LogP contribution in [0, 0.1) is 0 Å². The number of aromatic nitrogens is 2. The molecule has 0 unspecified atom stereocenters. The largest absolute Gasteiger partial charge is 0.472 e. The lowest BCUT2D eigenvalue weighted by Gasteiger charge is -2.18. The first-order chi connectivity index (χ1) is 10.8. The van der Waals surface area contributed by atoms with Gasteiger partial charge in [0.1, 0.15) is 6.10 Å². The van der Waals surface area contributed by atoms with Crippen LogP contribution >= 0.6 is 0 Å². The third kappa shape index (κ3) is 3.39. The average molecular weight is 303 g/mol. The van der Waals surface area contributed by atoms with Crippen molar-refractivity contribution >= 4 is 5.91 Å². The van der Waals surface area contributed by atoms with Crippen LogP contribution in [0.25, 0.3) is 0 Å². The van der Waals surface area contributed by atoms with Crippen molar-refractivity contribution in [1.29, 1.82) is 0 Å². The molecule has 0 bridgehead atoms. The van der Waals surface area contributed by atoms with Crippen LogP contribution in [-0.2, 0) is 22.5 Å². The lowest BCUT2D eigenvalue weighted by molar-refractivity contribution is -0.122. The van der Waals surface area contributed by atoms with Crippen LogP contribution < -0.4 is 5.32 Å². The molecular formula is C16H21N3O3. The summed E-state index contributed by atoms with van der Waals surface area (Å²) in [5.41, 5.74) is 2.07. The van der Waals surface area contributed by atoms with E-state index < -0.39 is 0 Å². The molecular weight excluding hydrogens is 282 g/mol. The number of carbonyl (C=O) groups excluding carboxylic acids is 1. The zero-order chi connectivity index (χ0) is 15.4. The minimum atomic E-state index is -0.0989. The third-order valence-electron chi connectivity index (χ3n) is 3.96. The van der Waals surface area contributed by atoms with E-state index in [9.17, 15) is 4.79 Å². The number of ether oxygens (including phenoxy) is 1. The van der Waals surface area contributed by atoms with Gasteiger partial charge in [-0.1, -0.05) is 0 Å². The molecule has 6 nitrogen and oxygen atoms in total. The number of hydrogen-bond donors (Lipinski definition) is 1. The summed E-state index contributed by atoms with van der Waals surface area (Å²) in [4.78, 5) is 12.1. The molecule has 2 atom stereocenters. The highest BCUT2D eigenvalue weighted by Crippen LogP contribution is 2.28. The van der Waals surface area contributed by atoms with Gasteiger partial charge in [-0.25, -0.2) is 0 Å². The Kier molecular flexibility index (Phi) is 4.58. The van der Waals surface area contributed by atoms with Gasteiger partial charge in [0, 0.05) is 31.3 Å². The van der Waals surface area contributed by atoms with Crippen molar-refractivity contribution in [3.8, 4) is 0 Å². The Labute approximate surface area is 129 Å². The molecule has 0 aliphatic carbocycles. The SMILES string of the molecule is CCn1cc([C@H]2OCC[C@@H]2NC(=O)CCc2ccoc2)cn1. The van der Waals surface area contributed by atoms with Crippen molar-refractivity contribution in [2.75, 3.05) is 6.61 Å². The van der Waals surface area contributed by atoms with Crippen molar-refractivity contribution < 1.29 is 13.9 Å². The molecule has 2 aromatic heterocycles. The Hall–Kier alpha value is -2.08. The minimum absolute atomic E-state index is 0.0198. The van der Waals surface area contributed by atoms with Gasteiger partial charge in [0.2, 0.25) is 5.91 Å². The van der Waals surface area contributed by atoms with E-state index in [1.807, 2.05) is 30.1 Å². The second-order valence-electron chi connectivity index (χ2n) is 5.52. The molecule has 22 heavy (non-hydrogen) atoms. The second-order valence-corrected chi connectivity index (χ2v) is 5.52. The highest BCUT2D eigenvalue weighted by molar-refractivity contribution is 5.76. The summed E-state index contributed by atoms with van der Waals surface area (Å²) in [5.74, 6) is 0.0459. The molecule has 118 valence electrons. The first-order valence-electron chi connectivity index (χ1n) is 7.70. The minimum Gasteiger partial charge on any atom is -0.472 e. The third-order valence-corrected chi connectivity index (χ3v) is 3.96. The highest BCUT2D eigenvalue weighted by atomic mass is 16.5. The maximum atomic E-state index is 12.1. The fraction of sp³-hybridized carbons (Fsp3) is 0.500. The maximum Gasteiger partial charge on any atom is 0.220 e. The molecule has 1 amide bonds. The van der Waals surface area contributed by atoms with Gasteiger partial charge in [0.05, 0.1) is 24.8 Å². The van der Waals surface area contributed by atoms with E-state index in [4.69, 9.17) is 9.15 Å². The Bertz CT molecular complexity index is 606. The van der Waals surface area contributed by atoms with Crippen molar-refractivity contribution in [3.63, 3.8) is 0 Å². The zero-order valence-corrected chi connectivity index (χ0v) is 12.7. The summed E-state index contributed by atoms with van der Waals surface area (Å²) < 4.78 is 12.7. The molecule has 0 radical (unpaired) electrons. The van der Waals surface area contributed by atoms with E-state index in [0.29, 0.717) is 19.4 Å². The van der Waals surface area contributed by atoms with Crippen LogP contribution in [0.1, 0.15) is 37.0 Å². The Morgan fingerprint density at radius 2 is 2.45 bits per heavy atom. The molecule has 1 aliphatic rings. The van der Waals surface area contributed by atoms with Gasteiger partial charge in [-0.05, 0) is 31.4 Å². The van der Waals surface area contributed by atoms with Gasteiger partial charge < -0.3 is 14.5 Å². The molecule has 0 spiro atoms. The van der Waals surface area contributed by atoms with Gasteiger partial charge in [-0.15, -0.1) is 0 Å². The van der Waals surface area contributed by atoms with Crippen LogP contribution in [0.4, 0.5) is 0 Å². The summed E-state index contributed by atoms with van der Waals surface area (Å²) >= 11 is 0. The predicted molar refractivity (Wildman–Crippen MR) is 80.2 cm³/mol. The molecule has 1 N–H and O–H groups in total. The molecule has 3 rings (SSSR count). The van der Waals surface area contributed by atoms with Crippen molar-refractivity contribution in [1.82, 2.24) is 15.1 Å². The molecule has 0 aromatic carbocycles. The number of amides is 1. The summed E-state index contributed by atoms with van der Waals surface area (Å²) in [7, 11) is 0. The van der Waals surface area contributed by atoms with E-state index in [1.54, 1.807) is 12.5 Å². The van der Waals surface area contributed by atoms with Crippen LogP contribution in [0.2, 0.25) is 0 Å². The lowest BCUT2D eigenvalue weighted by Crippen LogP contribution is -2.36. The smallest absolute Gasteiger partial charge is 0.220 e. The lowest BCUT2D eigenvalue weighted by atomic mass is 10.0. The summed E-state index contributed by atoms with van der Waals surface area (Å²) in [6.45, 7) is 3.53. The second kappa shape index (κ2) is 6.79. The number of rotatable bonds is 6. The Morgan fingerprint density at radius 3 is 3.18 bits per heavy atom. The quantitative estimate of drug-likeness (QED) is 0.887. The normalized spacial score (nSPS) is 21.1. The summed E-state index contributed by atoms with van der Waals surface area (Å²) in [5, 5.41) is 7.36. The van der Waals surface area contributed by atoms with Gasteiger partial charge in [0.25, 0.3) is 0 Å². The van der Waals surface area contributed by atoms with Crippen molar-refractivity contribution in [2.45, 2.75) is 44.9 Å². The Morgan fingerprint density at radius 1 is 1.55 bits per heavy atom. The number of carbonyl (C=O) groups is 1.